The second kappa shape index (κ2) is 5.29. The Bertz CT molecular complexity index is 517. The first-order valence-electron chi connectivity index (χ1n) is 5.11. The van der Waals surface area contributed by atoms with E-state index in [2.05, 4.69) is 5.32 Å². The third-order valence-corrected chi connectivity index (χ3v) is 2.31. The number of nitrogens with one attached hydrogen (secondary N) is 1. The van der Waals surface area contributed by atoms with Crippen LogP contribution in [0.3, 0.4) is 0 Å². The van der Waals surface area contributed by atoms with Crippen molar-refractivity contribution in [3.63, 3.8) is 0 Å². The van der Waals surface area contributed by atoms with Gasteiger partial charge in [-0.1, -0.05) is 6.07 Å². The first-order valence-corrected chi connectivity index (χ1v) is 5.11. The van der Waals surface area contributed by atoms with Crippen LogP contribution in [0.2, 0.25) is 0 Å². The van der Waals surface area contributed by atoms with Crippen LogP contribution in [0.4, 0.5) is 0 Å². The normalized spacial score (nSPS) is 13.2. The predicted octanol–water partition coefficient (Wildman–Crippen LogP) is 0.124. The van der Waals surface area contributed by atoms with Crippen molar-refractivity contribution in [2.45, 2.75) is 12.5 Å². The van der Waals surface area contributed by atoms with Gasteiger partial charge in [-0.25, -0.2) is 4.79 Å². The van der Waals surface area contributed by atoms with E-state index in [0.29, 0.717) is 5.56 Å². The highest BCUT2D eigenvalue weighted by Gasteiger charge is 2.30. The van der Waals surface area contributed by atoms with Crippen molar-refractivity contribution in [1.29, 1.82) is 5.26 Å². The molecule has 0 aliphatic rings. The zero-order valence-electron chi connectivity index (χ0n) is 9.67. The molecule has 1 aromatic carbocycles. The summed E-state index contributed by atoms with van der Waals surface area (Å²) >= 11 is 0. The van der Waals surface area contributed by atoms with Crippen molar-refractivity contribution in [2.24, 2.45) is 0 Å². The second-order valence-corrected chi connectivity index (χ2v) is 3.95. The van der Waals surface area contributed by atoms with Crippen LogP contribution in [-0.2, 0) is 4.79 Å². The monoisotopic (exact) mass is 248 g/mol. The molecule has 6 heteroatoms. The largest absolute Gasteiger partial charge is 0.479 e. The minimum atomic E-state index is -2.03. The summed E-state index contributed by atoms with van der Waals surface area (Å²) in [6.45, 7) is 0.666. The Morgan fingerprint density at radius 2 is 2.17 bits per heavy atom. The Morgan fingerprint density at radius 1 is 1.50 bits per heavy atom. The van der Waals surface area contributed by atoms with E-state index in [-0.39, 0.29) is 5.56 Å². The van der Waals surface area contributed by atoms with E-state index in [0.717, 1.165) is 6.92 Å². The Balaban J connectivity index is 2.72. The molecular formula is C12H12N2O4. The first kappa shape index (κ1) is 13.7. The summed E-state index contributed by atoms with van der Waals surface area (Å²) in [6, 6.07) is 7.85. The molecule has 1 aromatic rings. The number of amides is 1. The van der Waals surface area contributed by atoms with Gasteiger partial charge in [-0.2, -0.15) is 5.26 Å². The van der Waals surface area contributed by atoms with E-state index >= 15 is 0 Å². The molecule has 0 bridgehead atoms. The van der Waals surface area contributed by atoms with Gasteiger partial charge in [0.1, 0.15) is 0 Å². The van der Waals surface area contributed by atoms with Crippen LogP contribution in [0.1, 0.15) is 22.8 Å². The summed E-state index contributed by atoms with van der Waals surface area (Å²) in [7, 11) is 0. The average Bonchev–Trinajstić information content (AvgIpc) is 2.36. The molecule has 0 aliphatic carbocycles. The van der Waals surface area contributed by atoms with Gasteiger partial charge in [0, 0.05) is 5.56 Å². The Kier molecular flexibility index (Phi) is 4.02. The molecule has 0 fully saturated rings. The number of benzene rings is 1. The summed E-state index contributed by atoms with van der Waals surface area (Å²) < 4.78 is 0. The van der Waals surface area contributed by atoms with Crippen LogP contribution in [0.5, 0.6) is 0 Å². The minimum Gasteiger partial charge on any atom is -0.479 e. The summed E-state index contributed by atoms with van der Waals surface area (Å²) in [5, 5.41) is 29.1. The standard InChI is InChI=1S/C12H12N2O4/c1-12(18,11(16)17)7-14-10(15)9-4-2-3-8(5-9)6-13/h2-5,18H,7H2,1H3,(H,14,15)(H,16,17). The van der Waals surface area contributed by atoms with E-state index < -0.39 is 24.0 Å². The highest BCUT2D eigenvalue weighted by Crippen LogP contribution is 2.05. The van der Waals surface area contributed by atoms with Crippen LogP contribution >= 0.6 is 0 Å². The maximum absolute atomic E-state index is 11.7. The molecule has 0 radical (unpaired) electrons. The molecule has 0 saturated heterocycles. The lowest BCUT2D eigenvalue weighted by Crippen LogP contribution is -2.46. The Labute approximate surface area is 103 Å². The number of aliphatic carboxylic acids is 1. The number of nitriles is 1. The third-order valence-electron chi connectivity index (χ3n) is 2.31. The first-order chi connectivity index (χ1) is 8.36. The fourth-order valence-electron chi connectivity index (χ4n) is 1.16. The average molecular weight is 248 g/mol. The lowest BCUT2D eigenvalue weighted by atomic mass is 10.1. The zero-order chi connectivity index (χ0) is 13.8. The topological polar surface area (TPSA) is 110 Å². The van der Waals surface area contributed by atoms with Gasteiger partial charge >= 0.3 is 5.97 Å². The van der Waals surface area contributed by atoms with Gasteiger partial charge in [0.15, 0.2) is 5.60 Å². The summed E-state index contributed by atoms with van der Waals surface area (Å²) in [5.41, 5.74) is -1.47. The summed E-state index contributed by atoms with van der Waals surface area (Å²) in [4.78, 5) is 22.3. The van der Waals surface area contributed by atoms with E-state index in [4.69, 9.17) is 10.4 Å². The highest BCUT2D eigenvalue weighted by molar-refractivity contribution is 5.95. The molecule has 1 unspecified atom stereocenters. The molecule has 0 spiro atoms. The Morgan fingerprint density at radius 3 is 2.72 bits per heavy atom. The van der Waals surface area contributed by atoms with Crippen molar-refractivity contribution in [1.82, 2.24) is 5.32 Å². The van der Waals surface area contributed by atoms with Crippen molar-refractivity contribution >= 4 is 11.9 Å². The second-order valence-electron chi connectivity index (χ2n) is 3.95. The fraction of sp³-hybridized carbons (Fsp3) is 0.250. The van der Waals surface area contributed by atoms with Gasteiger partial charge in [-0.05, 0) is 25.1 Å². The van der Waals surface area contributed by atoms with Crippen molar-refractivity contribution in [2.75, 3.05) is 6.54 Å². The zero-order valence-corrected chi connectivity index (χ0v) is 9.67. The molecule has 6 nitrogen and oxygen atoms in total. The van der Waals surface area contributed by atoms with Crippen molar-refractivity contribution < 1.29 is 19.8 Å². The predicted molar refractivity (Wildman–Crippen MR) is 61.7 cm³/mol. The number of carboxylic acids is 1. The van der Waals surface area contributed by atoms with E-state index in [1.54, 1.807) is 12.1 Å². The van der Waals surface area contributed by atoms with Crippen LogP contribution < -0.4 is 5.32 Å². The minimum absolute atomic E-state index is 0.232. The van der Waals surface area contributed by atoms with Gasteiger partial charge in [0.25, 0.3) is 5.91 Å². The van der Waals surface area contributed by atoms with Gasteiger partial charge in [0.05, 0.1) is 18.2 Å². The van der Waals surface area contributed by atoms with Crippen LogP contribution in [0.25, 0.3) is 0 Å². The SMILES string of the molecule is CC(O)(CNC(=O)c1cccc(C#N)c1)C(=O)O. The van der Waals surface area contributed by atoms with Gasteiger partial charge in [0.2, 0.25) is 0 Å². The number of carbonyl (C=O) groups excluding carboxylic acids is 1. The molecular weight excluding hydrogens is 236 g/mol. The highest BCUT2D eigenvalue weighted by atomic mass is 16.4. The molecule has 1 amide bonds. The van der Waals surface area contributed by atoms with Gasteiger partial charge in [-0.15, -0.1) is 0 Å². The fourth-order valence-corrected chi connectivity index (χ4v) is 1.16. The maximum atomic E-state index is 11.7. The summed E-state index contributed by atoms with van der Waals surface area (Å²) in [6.07, 6.45) is 0. The van der Waals surface area contributed by atoms with Crippen LogP contribution in [0.15, 0.2) is 24.3 Å². The molecule has 18 heavy (non-hydrogen) atoms. The number of carbonyl (C=O) groups is 2. The van der Waals surface area contributed by atoms with Gasteiger partial charge in [-0.3, -0.25) is 4.79 Å². The number of aliphatic hydroxyl groups is 1. The molecule has 0 saturated carbocycles. The number of nitrogens with zero attached hydrogens (tertiary/aromatic N) is 1. The maximum Gasteiger partial charge on any atom is 0.337 e. The lowest BCUT2D eigenvalue weighted by Gasteiger charge is -2.18. The van der Waals surface area contributed by atoms with E-state index in [9.17, 15) is 14.7 Å². The van der Waals surface area contributed by atoms with E-state index in [1.807, 2.05) is 6.07 Å². The molecule has 1 atom stereocenters. The van der Waals surface area contributed by atoms with E-state index in [1.165, 1.54) is 12.1 Å². The van der Waals surface area contributed by atoms with Gasteiger partial charge < -0.3 is 15.5 Å². The molecule has 1 rings (SSSR count). The molecule has 94 valence electrons. The molecule has 0 aliphatic heterocycles. The Hall–Kier alpha value is -2.39. The lowest BCUT2D eigenvalue weighted by molar-refractivity contribution is -0.155. The molecule has 0 heterocycles. The molecule has 0 aromatic heterocycles. The van der Waals surface area contributed by atoms with Crippen LogP contribution in [-0.4, -0.2) is 34.2 Å². The van der Waals surface area contributed by atoms with Crippen LogP contribution in [0, 0.1) is 11.3 Å². The van der Waals surface area contributed by atoms with Crippen molar-refractivity contribution in [3.05, 3.63) is 35.4 Å². The molecule has 3 N–H and O–H groups in total. The smallest absolute Gasteiger partial charge is 0.337 e. The number of carboxylic acid groups (broad SMARTS) is 1. The quantitative estimate of drug-likeness (QED) is 0.701. The number of hydrogen-bond donors (Lipinski definition) is 3. The van der Waals surface area contributed by atoms with Crippen molar-refractivity contribution in [3.8, 4) is 6.07 Å². The summed E-state index contributed by atoms with van der Waals surface area (Å²) in [5.74, 6) is -1.97. The number of rotatable bonds is 4. The number of hydrogen-bond acceptors (Lipinski definition) is 4. The third kappa shape index (κ3) is 3.30.